The van der Waals surface area contributed by atoms with Crippen LogP contribution in [-0.4, -0.2) is 46.2 Å². The zero-order valence-electron chi connectivity index (χ0n) is 20.9. The smallest absolute Gasteiger partial charge is 0.234 e. The molecule has 1 aliphatic carbocycles. The third kappa shape index (κ3) is 5.15. The van der Waals surface area contributed by atoms with E-state index < -0.39 is 11.8 Å². The molecule has 2 aliphatic heterocycles. The number of hydrogen-bond acceptors (Lipinski definition) is 6. The second kappa shape index (κ2) is 11.1. The fourth-order valence-corrected chi connectivity index (χ4v) is 7.08. The Hall–Kier alpha value is -2.45. The summed E-state index contributed by atoms with van der Waals surface area (Å²) in [6.07, 6.45) is 5.73. The molecule has 2 saturated heterocycles. The zero-order valence-corrected chi connectivity index (χ0v) is 22.4. The van der Waals surface area contributed by atoms with Crippen molar-refractivity contribution in [2.24, 2.45) is 17.8 Å². The topological polar surface area (TPSA) is 87.1 Å². The second-order valence-corrected chi connectivity index (χ2v) is 11.6. The first-order valence-corrected chi connectivity index (χ1v) is 14.2. The minimum atomic E-state index is -0.419. The Kier molecular flexibility index (Phi) is 7.86. The van der Waals surface area contributed by atoms with Crippen LogP contribution in [-0.2, 0) is 20.9 Å². The largest absolute Gasteiger partial charge is 0.508 e. The van der Waals surface area contributed by atoms with E-state index in [9.17, 15) is 19.8 Å². The average Bonchev–Trinajstić information content (AvgIpc) is 3.60. The van der Waals surface area contributed by atoms with E-state index in [1.165, 1.54) is 10.5 Å². The molecule has 0 unspecified atom stereocenters. The SMILES string of the molecule is CCC/C(=C\c1ccc(O)cc1Cl)CC[C@H]1OC[C@H]2C1=C(CO)C[C@H]1C(=O)N(Cc3cccs3)C(=O)[C@H]12. The van der Waals surface area contributed by atoms with Crippen molar-refractivity contribution in [1.82, 2.24) is 4.90 Å². The molecule has 3 heterocycles. The van der Waals surface area contributed by atoms with Crippen LogP contribution in [0.15, 0.2) is 52.4 Å². The molecule has 2 amide bonds. The van der Waals surface area contributed by atoms with Crippen molar-refractivity contribution >= 4 is 40.8 Å². The number of ether oxygens (including phenoxy) is 1. The highest BCUT2D eigenvalue weighted by Gasteiger charge is 2.56. The molecule has 0 bridgehead atoms. The molecule has 0 spiro atoms. The predicted octanol–water partition coefficient (Wildman–Crippen LogP) is 5.58. The molecule has 1 aromatic heterocycles. The van der Waals surface area contributed by atoms with Crippen molar-refractivity contribution in [3.8, 4) is 5.75 Å². The predicted molar refractivity (Wildman–Crippen MR) is 144 cm³/mol. The standard InChI is InChI=1S/C29H32ClNO5S/c1-2-4-17(11-18-7-8-20(33)13-24(18)30)6-9-25-26-19(15-32)12-22-27(23(26)16-36-25)29(35)31(28(22)34)14-21-5-3-10-37-21/h3,5,7-8,10-11,13,22-23,25,27,32-33H,2,4,6,9,12,14-16H2,1H3/b17-11+/t22-,23+,25-,27-/m1/s1. The molecule has 2 N–H and O–H groups in total. The first kappa shape index (κ1) is 26.2. The lowest BCUT2D eigenvalue weighted by Crippen LogP contribution is -2.34. The van der Waals surface area contributed by atoms with E-state index in [1.807, 2.05) is 23.6 Å². The lowest BCUT2D eigenvalue weighted by atomic mass is 9.69. The molecule has 37 heavy (non-hydrogen) atoms. The van der Waals surface area contributed by atoms with Gasteiger partial charge in [0.1, 0.15) is 5.75 Å². The van der Waals surface area contributed by atoms with Gasteiger partial charge in [0.15, 0.2) is 0 Å². The fourth-order valence-electron chi connectivity index (χ4n) is 6.16. The van der Waals surface area contributed by atoms with E-state index in [4.69, 9.17) is 16.3 Å². The zero-order chi connectivity index (χ0) is 26.1. The molecular weight excluding hydrogens is 510 g/mol. The van der Waals surface area contributed by atoms with Gasteiger partial charge in [0.2, 0.25) is 11.8 Å². The number of hydrogen-bond donors (Lipinski definition) is 2. The molecule has 2 fully saturated rings. The molecule has 196 valence electrons. The molecule has 1 aromatic carbocycles. The van der Waals surface area contributed by atoms with Gasteiger partial charge in [-0.05, 0) is 72.0 Å². The molecule has 0 saturated carbocycles. The van der Waals surface area contributed by atoms with Crippen LogP contribution in [0.5, 0.6) is 5.75 Å². The minimum Gasteiger partial charge on any atom is -0.508 e. The first-order chi connectivity index (χ1) is 17.9. The van der Waals surface area contributed by atoms with Crippen molar-refractivity contribution in [2.75, 3.05) is 13.2 Å². The van der Waals surface area contributed by atoms with Crippen LogP contribution in [0.2, 0.25) is 5.02 Å². The Bertz CT molecular complexity index is 1240. The molecule has 0 radical (unpaired) electrons. The van der Waals surface area contributed by atoms with Crippen molar-refractivity contribution in [3.63, 3.8) is 0 Å². The summed E-state index contributed by atoms with van der Waals surface area (Å²) < 4.78 is 6.25. The van der Waals surface area contributed by atoms with Crippen LogP contribution in [0.4, 0.5) is 0 Å². The number of phenolic OH excluding ortho intramolecular Hbond substituents is 1. The van der Waals surface area contributed by atoms with Crippen molar-refractivity contribution < 1.29 is 24.5 Å². The number of imide groups is 1. The third-order valence-electron chi connectivity index (χ3n) is 7.83. The summed E-state index contributed by atoms with van der Waals surface area (Å²) in [7, 11) is 0. The summed E-state index contributed by atoms with van der Waals surface area (Å²) in [4.78, 5) is 29.1. The number of thiophene rings is 1. The Morgan fingerprint density at radius 2 is 2.05 bits per heavy atom. The molecule has 4 atom stereocenters. The highest BCUT2D eigenvalue weighted by Crippen LogP contribution is 2.50. The summed E-state index contributed by atoms with van der Waals surface area (Å²) in [5.41, 5.74) is 3.98. The quantitative estimate of drug-likeness (QED) is 0.320. The number of benzene rings is 1. The van der Waals surface area contributed by atoms with Gasteiger partial charge in [0.05, 0.1) is 42.7 Å². The number of phenols is 1. The Labute approximate surface area is 226 Å². The number of aromatic hydroxyl groups is 1. The Morgan fingerprint density at radius 1 is 1.22 bits per heavy atom. The lowest BCUT2D eigenvalue weighted by molar-refractivity contribution is -0.140. The van der Waals surface area contributed by atoms with Crippen LogP contribution < -0.4 is 0 Å². The Morgan fingerprint density at radius 3 is 2.76 bits per heavy atom. The fraction of sp³-hybridized carbons (Fsp3) is 0.448. The number of nitrogens with zero attached hydrogens (tertiary/aromatic N) is 1. The minimum absolute atomic E-state index is 0.110. The monoisotopic (exact) mass is 541 g/mol. The number of likely N-dealkylation sites (tertiary alicyclic amines) is 1. The van der Waals surface area contributed by atoms with Crippen LogP contribution in [0.1, 0.15) is 49.5 Å². The van der Waals surface area contributed by atoms with E-state index in [0.29, 0.717) is 24.6 Å². The average molecular weight is 542 g/mol. The molecule has 2 aromatic rings. The van der Waals surface area contributed by atoms with E-state index in [-0.39, 0.29) is 36.2 Å². The highest BCUT2D eigenvalue weighted by molar-refractivity contribution is 7.09. The number of halogens is 1. The summed E-state index contributed by atoms with van der Waals surface area (Å²) in [6, 6.07) is 8.85. The lowest BCUT2D eigenvalue weighted by Gasteiger charge is -2.31. The van der Waals surface area contributed by atoms with E-state index >= 15 is 0 Å². The third-order valence-corrected chi connectivity index (χ3v) is 9.02. The second-order valence-electron chi connectivity index (χ2n) is 10.1. The number of rotatable bonds is 9. The van der Waals surface area contributed by atoms with E-state index in [2.05, 4.69) is 13.0 Å². The van der Waals surface area contributed by atoms with Crippen molar-refractivity contribution in [1.29, 1.82) is 0 Å². The van der Waals surface area contributed by atoms with Crippen LogP contribution in [0.25, 0.3) is 6.08 Å². The maximum Gasteiger partial charge on any atom is 0.234 e. The van der Waals surface area contributed by atoms with E-state index in [0.717, 1.165) is 47.3 Å². The van der Waals surface area contributed by atoms with Gasteiger partial charge in [0.25, 0.3) is 0 Å². The number of carbonyl (C=O) groups excluding carboxylic acids is 2. The summed E-state index contributed by atoms with van der Waals surface area (Å²) in [5.74, 6) is -1.10. The van der Waals surface area contributed by atoms with Gasteiger partial charge in [0, 0.05) is 10.8 Å². The summed E-state index contributed by atoms with van der Waals surface area (Å²) >= 11 is 7.88. The number of aliphatic hydroxyl groups is 1. The first-order valence-electron chi connectivity index (χ1n) is 12.9. The number of aliphatic hydroxyl groups excluding tert-OH is 1. The van der Waals surface area contributed by atoms with Gasteiger partial charge in [-0.3, -0.25) is 14.5 Å². The van der Waals surface area contributed by atoms with Gasteiger partial charge < -0.3 is 14.9 Å². The molecular formula is C29H32ClNO5S. The maximum atomic E-state index is 13.5. The number of amides is 2. The van der Waals surface area contributed by atoms with Gasteiger partial charge in [-0.15, -0.1) is 11.3 Å². The van der Waals surface area contributed by atoms with Crippen LogP contribution in [0.3, 0.4) is 0 Å². The van der Waals surface area contributed by atoms with Crippen molar-refractivity contribution in [2.45, 2.75) is 51.7 Å². The summed E-state index contributed by atoms with van der Waals surface area (Å²) in [5, 5.41) is 22.4. The number of fused-ring (bicyclic) bond motifs is 3. The summed E-state index contributed by atoms with van der Waals surface area (Å²) in [6.45, 7) is 2.72. The highest BCUT2D eigenvalue weighted by atomic mass is 35.5. The molecule has 8 heteroatoms. The molecule has 3 aliphatic rings. The normalized spacial score (nSPS) is 25.7. The molecule has 5 rings (SSSR count). The Balaban J connectivity index is 1.34. The maximum absolute atomic E-state index is 13.5. The molecule has 6 nitrogen and oxygen atoms in total. The number of carbonyl (C=O) groups is 2. The van der Waals surface area contributed by atoms with Gasteiger partial charge in [-0.25, -0.2) is 0 Å². The van der Waals surface area contributed by atoms with Crippen LogP contribution in [0, 0.1) is 17.8 Å². The van der Waals surface area contributed by atoms with Crippen molar-refractivity contribution in [3.05, 3.63) is 67.9 Å². The van der Waals surface area contributed by atoms with Crippen LogP contribution >= 0.6 is 22.9 Å². The van der Waals surface area contributed by atoms with E-state index in [1.54, 1.807) is 23.5 Å². The van der Waals surface area contributed by atoms with Gasteiger partial charge in [-0.2, -0.15) is 0 Å². The number of allylic oxidation sites excluding steroid dienone is 1. The van der Waals surface area contributed by atoms with Gasteiger partial charge >= 0.3 is 0 Å². The van der Waals surface area contributed by atoms with Gasteiger partial charge in [-0.1, -0.05) is 42.7 Å².